The molecule has 2 aromatic rings. The summed E-state index contributed by atoms with van der Waals surface area (Å²) in [6.07, 6.45) is 9.22. The Morgan fingerprint density at radius 2 is 1.68 bits per heavy atom. The molecule has 4 nitrogen and oxygen atoms in total. The number of rotatable bonds is 6. The number of nitrogens with one attached hydrogen (secondary N) is 1. The molecule has 6 rings (SSSR count). The number of benzene rings is 1. The average molecular weight is 377 g/mol. The van der Waals surface area contributed by atoms with Gasteiger partial charge in [0.25, 0.3) is 0 Å². The van der Waals surface area contributed by atoms with Crippen LogP contribution >= 0.6 is 0 Å². The number of hydrogen-bond donors (Lipinski definition) is 1. The summed E-state index contributed by atoms with van der Waals surface area (Å²) in [7, 11) is 0. The van der Waals surface area contributed by atoms with Crippen molar-refractivity contribution >= 4 is 5.91 Å². The van der Waals surface area contributed by atoms with Crippen molar-refractivity contribution in [2.24, 2.45) is 23.2 Å². The molecule has 4 aliphatic rings. The summed E-state index contributed by atoms with van der Waals surface area (Å²) in [6.45, 7) is 1.06. The Kier molecular flexibility index (Phi) is 4.58. The summed E-state index contributed by atoms with van der Waals surface area (Å²) in [5.74, 6) is 3.51. The first kappa shape index (κ1) is 17.7. The number of pyridine rings is 1. The Balaban J connectivity index is 1.15. The second-order valence-electron chi connectivity index (χ2n) is 9.13. The fourth-order valence-electron chi connectivity index (χ4n) is 6.10. The lowest BCUT2D eigenvalue weighted by atomic mass is 9.49. The molecule has 1 aromatic heterocycles. The number of carbonyl (C=O) groups excluding carboxylic acids is 1. The van der Waals surface area contributed by atoms with Gasteiger partial charge in [-0.05, 0) is 86.1 Å². The summed E-state index contributed by atoms with van der Waals surface area (Å²) in [6, 6.07) is 13.8. The van der Waals surface area contributed by atoms with Gasteiger partial charge in [-0.25, -0.2) is 0 Å². The SMILES string of the molecule is O=C(NCc1ccc(OCc2ccccn2)cc1)C12CC3CC(CC(C3)C1)C2. The minimum Gasteiger partial charge on any atom is -0.487 e. The van der Waals surface area contributed by atoms with Gasteiger partial charge >= 0.3 is 0 Å². The molecule has 4 heteroatoms. The molecule has 1 N–H and O–H groups in total. The Hall–Kier alpha value is -2.36. The normalized spacial score (nSPS) is 30.2. The zero-order valence-electron chi connectivity index (χ0n) is 16.3. The highest BCUT2D eigenvalue weighted by molar-refractivity contribution is 5.83. The van der Waals surface area contributed by atoms with Crippen LogP contribution in [0.2, 0.25) is 0 Å². The highest BCUT2D eigenvalue weighted by Gasteiger charge is 2.54. The summed E-state index contributed by atoms with van der Waals surface area (Å²) in [4.78, 5) is 17.3. The van der Waals surface area contributed by atoms with Gasteiger partial charge in [0.1, 0.15) is 12.4 Å². The smallest absolute Gasteiger partial charge is 0.226 e. The number of nitrogens with zero attached hydrogens (tertiary/aromatic N) is 1. The maximum Gasteiger partial charge on any atom is 0.226 e. The zero-order chi connectivity index (χ0) is 19.0. The first-order valence-electron chi connectivity index (χ1n) is 10.6. The summed E-state index contributed by atoms with van der Waals surface area (Å²) >= 11 is 0. The van der Waals surface area contributed by atoms with Crippen LogP contribution in [-0.4, -0.2) is 10.9 Å². The Bertz CT molecular complexity index is 796. The molecule has 0 radical (unpaired) electrons. The second kappa shape index (κ2) is 7.23. The van der Waals surface area contributed by atoms with Gasteiger partial charge in [-0.15, -0.1) is 0 Å². The van der Waals surface area contributed by atoms with Gasteiger partial charge in [0, 0.05) is 18.2 Å². The van der Waals surface area contributed by atoms with Gasteiger partial charge in [-0.1, -0.05) is 18.2 Å². The molecule has 0 aliphatic heterocycles. The van der Waals surface area contributed by atoms with Crippen LogP contribution in [0.4, 0.5) is 0 Å². The molecule has 0 atom stereocenters. The van der Waals surface area contributed by atoms with E-state index >= 15 is 0 Å². The van der Waals surface area contributed by atoms with Crippen molar-refractivity contribution in [3.8, 4) is 5.75 Å². The van der Waals surface area contributed by atoms with Crippen molar-refractivity contribution in [2.75, 3.05) is 0 Å². The summed E-state index contributed by atoms with van der Waals surface area (Å²) in [5, 5.41) is 3.24. The van der Waals surface area contributed by atoms with E-state index in [1.807, 2.05) is 42.5 Å². The molecule has 4 aliphatic carbocycles. The van der Waals surface area contributed by atoms with Crippen LogP contribution in [0, 0.1) is 23.2 Å². The lowest BCUT2D eigenvalue weighted by Crippen LogP contribution is -2.53. The van der Waals surface area contributed by atoms with Gasteiger partial charge in [0.05, 0.1) is 5.69 Å². The van der Waals surface area contributed by atoms with Gasteiger partial charge in [-0.3, -0.25) is 9.78 Å². The van der Waals surface area contributed by atoms with E-state index in [1.165, 1.54) is 19.3 Å². The molecular formula is C24H28N2O2. The van der Waals surface area contributed by atoms with E-state index in [1.54, 1.807) is 6.20 Å². The first-order chi connectivity index (χ1) is 13.7. The highest BCUT2D eigenvalue weighted by atomic mass is 16.5. The van der Waals surface area contributed by atoms with E-state index in [0.717, 1.165) is 54.0 Å². The minimum atomic E-state index is -0.0690. The third-order valence-corrected chi connectivity index (χ3v) is 7.01. The van der Waals surface area contributed by atoms with E-state index < -0.39 is 0 Å². The predicted octanol–water partition coefficient (Wildman–Crippen LogP) is 4.49. The molecule has 0 spiro atoms. The van der Waals surface area contributed by atoms with Crippen LogP contribution in [-0.2, 0) is 17.9 Å². The van der Waals surface area contributed by atoms with Crippen LogP contribution in [0.5, 0.6) is 5.75 Å². The predicted molar refractivity (Wildman–Crippen MR) is 107 cm³/mol. The Labute approximate surface area is 166 Å². The van der Waals surface area contributed by atoms with E-state index in [-0.39, 0.29) is 5.41 Å². The average Bonchev–Trinajstić information content (AvgIpc) is 2.71. The molecule has 1 heterocycles. The van der Waals surface area contributed by atoms with Gasteiger partial charge in [0.2, 0.25) is 5.91 Å². The van der Waals surface area contributed by atoms with Crippen molar-refractivity contribution < 1.29 is 9.53 Å². The third kappa shape index (κ3) is 3.52. The Morgan fingerprint density at radius 1 is 1.00 bits per heavy atom. The van der Waals surface area contributed by atoms with Crippen LogP contribution < -0.4 is 10.1 Å². The molecule has 0 saturated heterocycles. The van der Waals surface area contributed by atoms with E-state index in [2.05, 4.69) is 10.3 Å². The summed E-state index contributed by atoms with van der Waals surface area (Å²) < 4.78 is 5.79. The summed E-state index contributed by atoms with van der Waals surface area (Å²) in [5.41, 5.74) is 1.96. The van der Waals surface area contributed by atoms with Crippen molar-refractivity contribution in [2.45, 2.75) is 51.7 Å². The molecule has 4 bridgehead atoms. The lowest BCUT2D eigenvalue weighted by molar-refractivity contribution is -0.146. The van der Waals surface area contributed by atoms with Gasteiger partial charge in [0.15, 0.2) is 0 Å². The molecule has 1 amide bonds. The van der Waals surface area contributed by atoms with Crippen LogP contribution in [0.25, 0.3) is 0 Å². The van der Waals surface area contributed by atoms with Crippen LogP contribution in [0.3, 0.4) is 0 Å². The van der Waals surface area contributed by atoms with Crippen molar-refractivity contribution in [3.63, 3.8) is 0 Å². The number of ether oxygens (including phenoxy) is 1. The molecule has 146 valence electrons. The largest absolute Gasteiger partial charge is 0.487 e. The second-order valence-corrected chi connectivity index (χ2v) is 9.13. The quantitative estimate of drug-likeness (QED) is 0.808. The molecule has 4 fully saturated rings. The van der Waals surface area contributed by atoms with Crippen molar-refractivity contribution in [1.29, 1.82) is 0 Å². The monoisotopic (exact) mass is 376 g/mol. The molecule has 4 saturated carbocycles. The number of amides is 1. The van der Waals surface area contributed by atoms with Crippen molar-refractivity contribution in [3.05, 3.63) is 59.9 Å². The third-order valence-electron chi connectivity index (χ3n) is 7.01. The first-order valence-corrected chi connectivity index (χ1v) is 10.6. The number of aromatic nitrogens is 1. The van der Waals surface area contributed by atoms with Crippen LogP contribution in [0.15, 0.2) is 48.7 Å². The maximum atomic E-state index is 13.1. The lowest BCUT2D eigenvalue weighted by Gasteiger charge is -2.55. The van der Waals surface area contributed by atoms with Gasteiger partial charge < -0.3 is 10.1 Å². The molecule has 1 aromatic carbocycles. The Morgan fingerprint density at radius 3 is 2.29 bits per heavy atom. The highest BCUT2D eigenvalue weighted by Crippen LogP contribution is 2.60. The van der Waals surface area contributed by atoms with E-state index in [0.29, 0.717) is 19.1 Å². The standard InChI is InChI=1S/C24H28N2O2/c27-23(24-12-18-9-19(13-24)11-20(10-18)14-24)26-15-17-4-6-22(7-5-17)28-16-21-3-1-2-8-25-21/h1-8,18-20H,9-16H2,(H,26,27). The fraction of sp³-hybridized carbons (Fsp3) is 0.500. The maximum absolute atomic E-state index is 13.1. The number of carbonyl (C=O) groups is 1. The van der Waals surface area contributed by atoms with Gasteiger partial charge in [-0.2, -0.15) is 0 Å². The molecule has 28 heavy (non-hydrogen) atoms. The van der Waals surface area contributed by atoms with Crippen molar-refractivity contribution in [1.82, 2.24) is 10.3 Å². The van der Waals surface area contributed by atoms with Crippen LogP contribution in [0.1, 0.15) is 49.8 Å². The zero-order valence-corrected chi connectivity index (χ0v) is 16.3. The number of hydrogen-bond acceptors (Lipinski definition) is 3. The molecule has 0 unspecified atom stereocenters. The topological polar surface area (TPSA) is 51.2 Å². The molecular weight excluding hydrogens is 348 g/mol. The van der Waals surface area contributed by atoms with E-state index in [9.17, 15) is 4.79 Å². The van der Waals surface area contributed by atoms with E-state index in [4.69, 9.17) is 4.74 Å². The minimum absolute atomic E-state index is 0.0690. The fourth-order valence-corrected chi connectivity index (χ4v) is 6.10.